The fraction of sp³-hybridized carbons (Fsp3) is 0.438. The summed E-state index contributed by atoms with van der Waals surface area (Å²) in [6.45, 7) is 8.03. The number of nitrogens with one attached hydrogen (secondary N) is 2. The second-order valence-corrected chi connectivity index (χ2v) is 5.15. The third-order valence-electron chi connectivity index (χ3n) is 3.63. The van der Waals surface area contributed by atoms with Crippen LogP contribution in [0.15, 0.2) is 36.9 Å². The zero-order valence-corrected chi connectivity index (χ0v) is 11.9. The molecule has 1 amide bonds. The van der Waals surface area contributed by atoms with Gasteiger partial charge >= 0.3 is 0 Å². The quantitative estimate of drug-likeness (QED) is 0.807. The van der Waals surface area contributed by atoms with Crippen LogP contribution in [0.3, 0.4) is 0 Å². The van der Waals surface area contributed by atoms with Crippen molar-refractivity contribution in [3.05, 3.63) is 42.5 Å². The molecule has 0 saturated carbocycles. The first-order chi connectivity index (χ1) is 9.72. The zero-order valence-electron chi connectivity index (χ0n) is 11.9. The lowest BCUT2D eigenvalue weighted by molar-refractivity contribution is 0.0911. The third kappa shape index (κ3) is 3.61. The molecule has 2 N–H and O–H groups in total. The topological polar surface area (TPSA) is 50.4 Å². The summed E-state index contributed by atoms with van der Waals surface area (Å²) in [4.78, 5) is 12.4. The van der Waals surface area contributed by atoms with Crippen molar-refractivity contribution in [1.29, 1.82) is 0 Å². The largest absolute Gasteiger partial charge is 0.489 e. The molecule has 1 aromatic rings. The number of ether oxygens (including phenoxy) is 1. The second kappa shape index (κ2) is 7.10. The fourth-order valence-electron chi connectivity index (χ4n) is 2.36. The van der Waals surface area contributed by atoms with Crippen LogP contribution < -0.4 is 15.4 Å². The van der Waals surface area contributed by atoms with Crippen molar-refractivity contribution in [1.82, 2.24) is 10.6 Å². The van der Waals surface area contributed by atoms with Gasteiger partial charge in [0.05, 0.1) is 5.56 Å². The van der Waals surface area contributed by atoms with Gasteiger partial charge in [-0.2, -0.15) is 0 Å². The minimum Gasteiger partial charge on any atom is -0.489 e. The molecule has 1 heterocycles. The molecule has 2 unspecified atom stereocenters. The second-order valence-electron chi connectivity index (χ2n) is 5.15. The highest BCUT2D eigenvalue weighted by atomic mass is 16.5. The minimum atomic E-state index is -0.0785. The van der Waals surface area contributed by atoms with Crippen LogP contribution in [0.1, 0.15) is 23.7 Å². The Labute approximate surface area is 120 Å². The third-order valence-corrected chi connectivity index (χ3v) is 3.63. The molecule has 2 rings (SSSR count). The Balaban J connectivity index is 2.06. The molecule has 0 aliphatic carbocycles. The van der Waals surface area contributed by atoms with Crippen LogP contribution in [-0.2, 0) is 0 Å². The Hall–Kier alpha value is -1.81. The van der Waals surface area contributed by atoms with Gasteiger partial charge in [-0.15, -0.1) is 0 Å². The molecule has 0 aromatic heterocycles. The van der Waals surface area contributed by atoms with E-state index in [9.17, 15) is 4.79 Å². The van der Waals surface area contributed by atoms with Crippen LogP contribution in [-0.4, -0.2) is 31.6 Å². The average Bonchev–Trinajstić information content (AvgIpc) is 2.47. The summed E-state index contributed by atoms with van der Waals surface area (Å²) in [5.74, 6) is 1.01. The minimum absolute atomic E-state index is 0.0785. The Morgan fingerprint density at radius 3 is 3.10 bits per heavy atom. The number of carbonyl (C=O) groups is 1. The maximum absolute atomic E-state index is 12.4. The van der Waals surface area contributed by atoms with Gasteiger partial charge in [-0.05, 0) is 31.0 Å². The van der Waals surface area contributed by atoms with E-state index < -0.39 is 0 Å². The molecule has 1 fully saturated rings. The molecule has 0 bridgehead atoms. The van der Waals surface area contributed by atoms with Crippen molar-refractivity contribution in [3.8, 4) is 5.75 Å². The lowest BCUT2D eigenvalue weighted by Crippen LogP contribution is -2.50. The smallest absolute Gasteiger partial charge is 0.255 e. The molecule has 1 aliphatic rings. The summed E-state index contributed by atoms with van der Waals surface area (Å²) in [6, 6.07) is 7.47. The highest BCUT2D eigenvalue weighted by Gasteiger charge is 2.24. The van der Waals surface area contributed by atoms with Crippen LogP contribution in [0.4, 0.5) is 0 Å². The van der Waals surface area contributed by atoms with Crippen molar-refractivity contribution in [3.63, 3.8) is 0 Å². The van der Waals surface area contributed by atoms with Crippen molar-refractivity contribution >= 4 is 5.91 Å². The Kier molecular flexibility index (Phi) is 5.18. The zero-order chi connectivity index (χ0) is 14.4. The summed E-state index contributed by atoms with van der Waals surface area (Å²) in [5, 5.41) is 6.41. The average molecular weight is 274 g/mol. The Morgan fingerprint density at radius 1 is 1.55 bits per heavy atom. The molecular weight excluding hydrogens is 252 g/mol. The van der Waals surface area contributed by atoms with E-state index in [1.165, 1.54) is 0 Å². The van der Waals surface area contributed by atoms with E-state index in [0.29, 0.717) is 23.8 Å². The maximum atomic E-state index is 12.4. The Morgan fingerprint density at radius 2 is 2.35 bits per heavy atom. The predicted octanol–water partition coefficient (Wildman–Crippen LogP) is 1.98. The molecule has 0 spiro atoms. The molecular formula is C16H22N2O2. The molecule has 1 saturated heterocycles. The van der Waals surface area contributed by atoms with E-state index >= 15 is 0 Å². The Bertz CT molecular complexity index is 473. The van der Waals surface area contributed by atoms with Gasteiger partial charge in [-0.1, -0.05) is 31.7 Å². The van der Waals surface area contributed by atoms with E-state index in [-0.39, 0.29) is 11.9 Å². The molecule has 4 nitrogen and oxygen atoms in total. The molecule has 0 radical (unpaired) electrons. The fourth-order valence-corrected chi connectivity index (χ4v) is 2.36. The summed E-state index contributed by atoms with van der Waals surface area (Å²) in [5.41, 5.74) is 0.576. The lowest BCUT2D eigenvalue weighted by atomic mass is 9.94. The predicted molar refractivity (Wildman–Crippen MR) is 80.0 cm³/mol. The van der Waals surface area contributed by atoms with Crippen molar-refractivity contribution in [2.75, 3.05) is 19.7 Å². The standard InChI is InChI=1S/C16H22N2O2/c1-3-10-20-15-7-5-4-6-13(15)16(19)18-14-11-17-9-8-12(14)2/h3-7,12,14,17H,1,8-11H2,2H3,(H,18,19). The first-order valence-electron chi connectivity index (χ1n) is 7.06. The van der Waals surface area contributed by atoms with Crippen LogP contribution in [0, 0.1) is 5.92 Å². The normalized spacial score (nSPS) is 22.1. The molecule has 4 heteroatoms. The van der Waals surface area contributed by atoms with Gasteiger partial charge in [-0.3, -0.25) is 4.79 Å². The van der Waals surface area contributed by atoms with Crippen LogP contribution in [0.5, 0.6) is 5.75 Å². The first kappa shape index (κ1) is 14.6. The number of rotatable bonds is 5. The van der Waals surface area contributed by atoms with E-state index in [1.54, 1.807) is 18.2 Å². The lowest BCUT2D eigenvalue weighted by Gasteiger charge is -2.30. The van der Waals surface area contributed by atoms with Gasteiger partial charge in [0.1, 0.15) is 12.4 Å². The van der Waals surface area contributed by atoms with Crippen LogP contribution in [0.25, 0.3) is 0 Å². The number of benzene rings is 1. The van der Waals surface area contributed by atoms with Crippen molar-refractivity contribution in [2.45, 2.75) is 19.4 Å². The van der Waals surface area contributed by atoms with Gasteiger partial charge in [0.25, 0.3) is 5.91 Å². The number of amides is 1. The monoisotopic (exact) mass is 274 g/mol. The summed E-state index contributed by atoms with van der Waals surface area (Å²) < 4.78 is 5.53. The number of hydrogen-bond acceptors (Lipinski definition) is 3. The van der Waals surface area contributed by atoms with Gasteiger partial charge in [-0.25, -0.2) is 0 Å². The van der Waals surface area contributed by atoms with Crippen LogP contribution >= 0.6 is 0 Å². The number of para-hydroxylation sites is 1. The van der Waals surface area contributed by atoms with Crippen molar-refractivity contribution in [2.24, 2.45) is 5.92 Å². The summed E-state index contributed by atoms with van der Waals surface area (Å²) >= 11 is 0. The highest BCUT2D eigenvalue weighted by molar-refractivity contribution is 5.97. The first-order valence-corrected chi connectivity index (χ1v) is 7.06. The summed E-state index contributed by atoms with van der Waals surface area (Å²) in [7, 11) is 0. The van der Waals surface area contributed by atoms with Crippen LogP contribution in [0.2, 0.25) is 0 Å². The van der Waals surface area contributed by atoms with Gasteiger partial charge < -0.3 is 15.4 Å². The molecule has 1 aliphatic heterocycles. The van der Waals surface area contributed by atoms with Crippen molar-refractivity contribution < 1.29 is 9.53 Å². The van der Waals surface area contributed by atoms with Gasteiger partial charge in [0.2, 0.25) is 0 Å². The summed E-state index contributed by atoms with van der Waals surface area (Å²) in [6.07, 6.45) is 2.75. The maximum Gasteiger partial charge on any atom is 0.255 e. The SMILES string of the molecule is C=CCOc1ccccc1C(=O)NC1CNCCC1C. The van der Waals surface area contributed by atoms with E-state index in [2.05, 4.69) is 24.1 Å². The number of piperidine rings is 1. The molecule has 1 aromatic carbocycles. The van der Waals surface area contributed by atoms with Gasteiger partial charge in [0.15, 0.2) is 0 Å². The number of carbonyl (C=O) groups excluding carboxylic acids is 1. The molecule has 2 atom stereocenters. The molecule has 108 valence electrons. The van der Waals surface area contributed by atoms with E-state index in [1.807, 2.05) is 12.1 Å². The van der Waals surface area contributed by atoms with E-state index in [4.69, 9.17) is 4.74 Å². The van der Waals surface area contributed by atoms with E-state index in [0.717, 1.165) is 19.5 Å². The molecule has 20 heavy (non-hydrogen) atoms. The highest BCUT2D eigenvalue weighted by Crippen LogP contribution is 2.19. The van der Waals surface area contributed by atoms with Gasteiger partial charge in [0, 0.05) is 12.6 Å². The number of hydrogen-bond donors (Lipinski definition) is 2.